The van der Waals surface area contributed by atoms with Crippen LogP contribution < -0.4 is 21.9 Å². The zero-order valence-electron chi connectivity index (χ0n) is 27.7. The number of piperidine rings is 1. The Balaban J connectivity index is 1.26. The third-order valence-corrected chi connectivity index (χ3v) is 13.1. The smallest absolute Gasteiger partial charge is 0.330 e. The number of imidazole rings is 1. The van der Waals surface area contributed by atoms with Crippen LogP contribution in [0, 0.1) is 23.2 Å². The van der Waals surface area contributed by atoms with Crippen LogP contribution in [0.4, 0.5) is 5.00 Å². The topological polar surface area (TPSA) is 167 Å². The highest BCUT2D eigenvalue weighted by atomic mass is 32.1. The zero-order valence-corrected chi connectivity index (χ0v) is 28.5. The van der Waals surface area contributed by atoms with E-state index in [9.17, 15) is 14.9 Å². The number of rotatable bonds is 7. The number of nitriles is 1. The van der Waals surface area contributed by atoms with Crippen LogP contribution in [0.15, 0.2) is 28.7 Å². The fourth-order valence-corrected chi connectivity index (χ4v) is 10.6. The van der Waals surface area contributed by atoms with Crippen molar-refractivity contribution in [2.75, 3.05) is 26.0 Å². The van der Waals surface area contributed by atoms with E-state index < -0.39 is 11.5 Å². The number of allylic oxidation sites excluding steroid dienone is 2. The van der Waals surface area contributed by atoms with Gasteiger partial charge in [0.1, 0.15) is 17.2 Å². The minimum Gasteiger partial charge on any atom is -0.467 e. The van der Waals surface area contributed by atoms with Crippen LogP contribution in [0.2, 0.25) is 0 Å². The number of hydrogen-bond donors (Lipinski definition) is 2. The lowest BCUT2D eigenvalue weighted by Gasteiger charge is -2.42. The molecule has 4 N–H and O–H groups in total. The van der Waals surface area contributed by atoms with Gasteiger partial charge in [-0.2, -0.15) is 10.2 Å². The molecule has 252 valence electrons. The van der Waals surface area contributed by atoms with E-state index in [1.165, 1.54) is 15.9 Å². The summed E-state index contributed by atoms with van der Waals surface area (Å²) in [6, 6.07) is 2.70. The molecule has 48 heavy (non-hydrogen) atoms. The Morgan fingerprint density at radius 2 is 2.02 bits per heavy atom. The molecule has 7 atom stereocenters. The van der Waals surface area contributed by atoms with Crippen molar-refractivity contribution in [2.45, 2.75) is 87.9 Å². The van der Waals surface area contributed by atoms with E-state index in [0.717, 1.165) is 49.0 Å². The Hall–Kier alpha value is -3.99. The number of likely N-dealkylation sites (N-methyl/N-ethyl adjacent to an activating group) is 1. The summed E-state index contributed by atoms with van der Waals surface area (Å²) in [5.41, 5.74) is 15.5. The molecule has 13 heteroatoms. The highest BCUT2D eigenvalue weighted by molar-refractivity contribution is 7.16. The maximum absolute atomic E-state index is 14.6. The molecule has 8 rings (SSSR count). The highest BCUT2D eigenvalue weighted by Crippen LogP contribution is 2.54. The van der Waals surface area contributed by atoms with E-state index in [2.05, 4.69) is 31.5 Å². The van der Waals surface area contributed by atoms with Gasteiger partial charge in [-0.1, -0.05) is 13.5 Å². The summed E-state index contributed by atoms with van der Waals surface area (Å²) in [7, 11) is 3.81. The number of ether oxygens (including phenoxy) is 2. The van der Waals surface area contributed by atoms with Gasteiger partial charge in [0.15, 0.2) is 11.2 Å². The van der Waals surface area contributed by atoms with Gasteiger partial charge in [-0.05, 0) is 81.9 Å². The molecule has 2 saturated heterocycles. The summed E-state index contributed by atoms with van der Waals surface area (Å²) >= 11 is 1.45. The van der Waals surface area contributed by atoms with Crippen LogP contribution in [0.1, 0.15) is 84.5 Å². The lowest BCUT2D eigenvalue weighted by Crippen LogP contribution is -2.42. The van der Waals surface area contributed by atoms with Crippen LogP contribution in [-0.4, -0.2) is 68.2 Å². The molecule has 3 aromatic heterocycles. The van der Waals surface area contributed by atoms with Gasteiger partial charge in [-0.25, -0.2) is 9.78 Å². The van der Waals surface area contributed by atoms with Crippen molar-refractivity contribution >= 4 is 33.3 Å². The molecule has 1 spiro atoms. The number of carbonyl (C=O) groups excluding carboxylic acids is 1. The first kappa shape index (κ1) is 31.3. The van der Waals surface area contributed by atoms with E-state index in [4.69, 9.17) is 30.9 Å². The first-order chi connectivity index (χ1) is 23.1. The van der Waals surface area contributed by atoms with Crippen LogP contribution in [-0.2, 0) is 23.6 Å². The van der Waals surface area contributed by atoms with E-state index in [1.54, 1.807) is 17.7 Å². The SMILES string of the molecule is C=C[C@H](Oc1nc(C(=O)C2=C(N)[C@@]3(CCC2)CCCc2sc(N)c(C#N)c23)nc2c1n(C)c(=O)n2[C@@H]1CCOC1)[C@@H]1C[C@@H]2[C@H](C)[C@@H]2N1C. The predicted octanol–water partition coefficient (Wildman–Crippen LogP) is 3.73. The Morgan fingerprint density at radius 1 is 1.25 bits per heavy atom. The van der Waals surface area contributed by atoms with Gasteiger partial charge >= 0.3 is 5.69 Å². The number of ketones is 1. The predicted molar refractivity (Wildman–Crippen MR) is 182 cm³/mol. The number of aromatic nitrogens is 4. The molecule has 5 aliphatic rings. The van der Waals surface area contributed by atoms with Gasteiger partial charge in [-0.15, -0.1) is 11.3 Å². The lowest BCUT2D eigenvalue weighted by molar-refractivity contribution is 0.100. The average molecular weight is 671 g/mol. The Morgan fingerprint density at radius 3 is 2.69 bits per heavy atom. The fourth-order valence-electron chi connectivity index (χ4n) is 9.45. The molecule has 0 bridgehead atoms. The van der Waals surface area contributed by atoms with Gasteiger partial charge in [-0.3, -0.25) is 18.8 Å². The minimum absolute atomic E-state index is 0.0637. The number of fused-ring (bicyclic) bond motifs is 4. The van der Waals surface area contributed by atoms with E-state index in [0.29, 0.717) is 76.9 Å². The Labute approximate surface area is 283 Å². The summed E-state index contributed by atoms with van der Waals surface area (Å²) in [6.07, 6.45) is 7.37. The number of likely N-dealkylation sites (tertiary alicyclic amines) is 1. The summed E-state index contributed by atoms with van der Waals surface area (Å²) in [5, 5.41) is 10.6. The molecule has 0 aromatic carbocycles. The molecule has 1 saturated carbocycles. The van der Waals surface area contributed by atoms with Gasteiger partial charge in [0.25, 0.3) is 0 Å². The van der Waals surface area contributed by atoms with Crippen molar-refractivity contribution in [3.63, 3.8) is 0 Å². The molecular formula is C35H42N8O4S. The van der Waals surface area contributed by atoms with Crippen LogP contribution in [0.3, 0.4) is 0 Å². The first-order valence-corrected chi connectivity index (χ1v) is 17.9. The van der Waals surface area contributed by atoms with E-state index in [1.807, 2.05) is 0 Å². The van der Waals surface area contributed by atoms with E-state index in [-0.39, 0.29) is 35.3 Å². The summed E-state index contributed by atoms with van der Waals surface area (Å²) < 4.78 is 15.5. The van der Waals surface area contributed by atoms with Crippen molar-refractivity contribution in [3.8, 4) is 11.9 Å². The largest absolute Gasteiger partial charge is 0.467 e. The second kappa shape index (κ2) is 11.3. The number of carbonyl (C=O) groups is 1. The second-order valence-corrected chi connectivity index (χ2v) is 15.5. The Kier molecular flexibility index (Phi) is 7.36. The van der Waals surface area contributed by atoms with Gasteiger partial charge in [0.2, 0.25) is 17.5 Å². The summed E-state index contributed by atoms with van der Waals surface area (Å²) in [6.45, 7) is 7.29. The molecule has 0 amide bonds. The normalized spacial score (nSPS) is 30.3. The standard InChI is InChI=1S/C35H42N8O4S/c1-5-23(22-14-20-17(2)26(20)41(22)3)47-33-27-32(43(34(45)42(27)4)18-10-13-46-16-18)39-31(40-33)28(44)19-8-6-11-35(29(19)37)12-7-9-24-25(35)21(15-36)30(38)48-24/h5,17-18,20,22-23,26H,1,6-14,16,37-38H2,2-4H3/t17-,18+,20+,22-,23-,26-,35-/m0/s1. The molecule has 3 aromatic rings. The van der Waals surface area contributed by atoms with E-state index >= 15 is 0 Å². The number of thiophene rings is 1. The molecular weight excluding hydrogens is 629 g/mol. The number of nitrogens with two attached hydrogens (primary N) is 2. The summed E-state index contributed by atoms with van der Waals surface area (Å²) in [5.74, 6) is 1.000. The maximum atomic E-state index is 14.6. The molecule has 5 heterocycles. The quantitative estimate of drug-likeness (QED) is 0.279. The number of anilines is 1. The minimum atomic E-state index is -0.644. The number of nitrogens with zero attached hydrogens (tertiary/aromatic N) is 6. The monoisotopic (exact) mass is 670 g/mol. The number of hydrogen-bond acceptors (Lipinski definition) is 11. The Bertz CT molecular complexity index is 2000. The van der Waals surface area contributed by atoms with Crippen molar-refractivity contribution in [1.82, 2.24) is 24.0 Å². The molecule has 3 fully saturated rings. The first-order valence-electron chi connectivity index (χ1n) is 17.0. The fraction of sp³-hybridized carbons (Fsp3) is 0.571. The molecule has 0 radical (unpaired) electrons. The third kappa shape index (κ3) is 4.38. The van der Waals surface area contributed by atoms with Crippen molar-refractivity contribution < 1.29 is 14.3 Å². The van der Waals surface area contributed by atoms with Crippen LogP contribution in [0.5, 0.6) is 5.88 Å². The lowest BCUT2D eigenvalue weighted by atomic mass is 9.62. The maximum Gasteiger partial charge on any atom is 0.330 e. The molecule has 3 aliphatic carbocycles. The number of nitrogen functional groups attached to an aromatic ring is 1. The van der Waals surface area contributed by atoms with Crippen molar-refractivity contribution in [1.29, 1.82) is 5.26 Å². The third-order valence-electron chi connectivity index (χ3n) is 12.0. The van der Waals surface area contributed by atoms with Crippen LogP contribution >= 0.6 is 11.3 Å². The van der Waals surface area contributed by atoms with Crippen molar-refractivity contribution in [2.24, 2.45) is 24.6 Å². The number of Topliss-reactive ketones (excluding diaryl/α,β-unsaturated/α-hetero) is 1. The molecule has 12 nitrogen and oxygen atoms in total. The molecule has 0 unspecified atom stereocenters. The summed E-state index contributed by atoms with van der Waals surface area (Å²) in [4.78, 5) is 41.4. The van der Waals surface area contributed by atoms with Crippen molar-refractivity contribution in [3.05, 3.63) is 56.2 Å². The average Bonchev–Trinajstić information content (AvgIpc) is 3.55. The molecule has 2 aliphatic heterocycles. The second-order valence-electron chi connectivity index (χ2n) is 14.3. The van der Waals surface area contributed by atoms with Gasteiger partial charge < -0.3 is 20.9 Å². The highest BCUT2D eigenvalue weighted by Gasteiger charge is 2.58. The van der Waals surface area contributed by atoms with Gasteiger partial charge in [0.05, 0.1) is 24.3 Å². The van der Waals surface area contributed by atoms with Crippen LogP contribution in [0.25, 0.3) is 11.2 Å². The zero-order chi connectivity index (χ0) is 33.6. The van der Waals surface area contributed by atoms with Gasteiger partial charge in [0, 0.05) is 41.3 Å². The number of aryl methyl sites for hydroxylation is 2.